The van der Waals surface area contributed by atoms with E-state index in [2.05, 4.69) is 10.4 Å². The molecule has 1 heterocycles. The largest absolute Gasteiger partial charge is 0.416 e. The SMILES string of the molecule is Cl.Cn1cc(S(=O)(=O)NCC(=O)Nc2cc(CN)cc(C(F)(F)F)c2)cn1. The molecule has 0 unspecified atom stereocenters. The fraction of sp³-hybridized carbons (Fsp3) is 0.286. The third-order valence-electron chi connectivity index (χ3n) is 3.25. The lowest BCUT2D eigenvalue weighted by molar-refractivity contribution is -0.137. The summed E-state index contributed by atoms with van der Waals surface area (Å²) in [7, 11) is -2.44. The second-order valence-corrected chi connectivity index (χ2v) is 7.11. The van der Waals surface area contributed by atoms with E-state index in [0.717, 1.165) is 18.3 Å². The van der Waals surface area contributed by atoms with E-state index in [1.165, 1.54) is 24.0 Å². The van der Waals surface area contributed by atoms with Crippen molar-refractivity contribution in [2.75, 3.05) is 11.9 Å². The summed E-state index contributed by atoms with van der Waals surface area (Å²) in [5, 5.41) is 5.92. The summed E-state index contributed by atoms with van der Waals surface area (Å²) < 4.78 is 65.9. The van der Waals surface area contributed by atoms with E-state index in [0.29, 0.717) is 0 Å². The number of anilines is 1. The summed E-state index contributed by atoms with van der Waals surface area (Å²) in [6, 6.07) is 2.90. The fourth-order valence-corrected chi connectivity index (χ4v) is 3.00. The molecule has 0 saturated carbocycles. The van der Waals surface area contributed by atoms with Crippen molar-refractivity contribution in [3.05, 3.63) is 41.7 Å². The first-order chi connectivity index (χ1) is 12.0. The average Bonchev–Trinajstić information content (AvgIpc) is 2.99. The summed E-state index contributed by atoms with van der Waals surface area (Å²) in [4.78, 5) is 11.7. The number of hydrogen-bond donors (Lipinski definition) is 3. The van der Waals surface area contributed by atoms with Gasteiger partial charge in [-0.05, 0) is 23.8 Å². The minimum Gasteiger partial charge on any atom is -0.326 e. The van der Waals surface area contributed by atoms with Crippen LogP contribution in [0.3, 0.4) is 0 Å². The number of aryl methyl sites for hydroxylation is 1. The number of rotatable bonds is 6. The zero-order chi connectivity index (χ0) is 19.5. The Labute approximate surface area is 159 Å². The highest BCUT2D eigenvalue weighted by Gasteiger charge is 2.31. The summed E-state index contributed by atoms with van der Waals surface area (Å²) in [5.41, 5.74) is 4.44. The van der Waals surface area contributed by atoms with Crippen LogP contribution in [0.15, 0.2) is 35.5 Å². The van der Waals surface area contributed by atoms with Crippen LogP contribution in [0.4, 0.5) is 18.9 Å². The monoisotopic (exact) mass is 427 g/mol. The van der Waals surface area contributed by atoms with Gasteiger partial charge in [0.25, 0.3) is 0 Å². The Kier molecular flexibility index (Phi) is 7.37. The molecule has 0 aliphatic rings. The molecule has 0 aliphatic carbocycles. The Hall–Kier alpha value is -2.15. The van der Waals surface area contributed by atoms with Gasteiger partial charge in [-0.1, -0.05) is 0 Å². The molecule has 0 spiro atoms. The van der Waals surface area contributed by atoms with Crippen molar-refractivity contribution in [1.29, 1.82) is 0 Å². The van der Waals surface area contributed by atoms with Crippen molar-refractivity contribution < 1.29 is 26.4 Å². The van der Waals surface area contributed by atoms with Gasteiger partial charge >= 0.3 is 6.18 Å². The van der Waals surface area contributed by atoms with E-state index in [-0.39, 0.29) is 35.1 Å². The van der Waals surface area contributed by atoms with E-state index in [4.69, 9.17) is 5.73 Å². The van der Waals surface area contributed by atoms with Crippen LogP contribution in [-0.2, 0) is 34.6 Å². The minimum atomic E-state index is -4.60. The molecule has 1 amide bonds. The highest BCUT2D eigenvalue weighted by atomic mass is 35.5. The maximum atomic E-state index is 12.9. The van der Waals surface area contributed by atoms with Crippen LogP contribution in [-0.4, -0.2) is 30.7 Å². The quantitative estimate of drug-likeness (QED) is 0.640. The van der Waals surface area contributed by atoms with Gasteiger partial charge in [0.1, 0.15) is 4.90 Å². The predicted molar refractivity (Wildman–Crippen MR) is 93.6 cm³/mol. The number of aromatic nitrogens is 2. The van der Waals surface area contributed by atoms with Gasteiger partial charge in [-0.3, -0.25) is 9.48 Å². The normalized spacial score (nSPS) is 11.7. The van der Waals surface area contributed by atoms with E-state index in [9.17, 15) is 26.4 Å². The molecule has 1 aromatic heterocycles. The van der Waals surface area contributed by atoms with Gasteiger partial charge in [-0.25, -0.2) is 13.1 Å². The lowest BCUT2D eigenvalue weighted by Crippen LogP contribution is -2.32. The number of sulfonamides is 1. The van der Waals surface area contributed by atoms with Crippen molar-refractivity contribution in [2.24, 2.45) is 12.8 Å². The number of amides is 1. The Bertz CT molecular complexity index is 915. The molecule has 0 fully saturated rings. The molecule has 13 heteroatoms. The average molecular weight is 428 g/mol. The molecular weight excluding hydrogens is 411 g/mol. The van der Waals surface area contributed by atoms with E-state index >= 15 is 0 Å². The topological polar surface area (TPSA) is 119 Å². The number of alkyl halides is 3. The molecule has 0 atom stereocenters. The number of benzene rings is 1. The molecule has 1 aromatic carbocycles. The zero-order valence-corrected chi connectivity index (χ0v) is 15.6. The first-order valence-corrected chi connectivity index (χ1v) is 8.69. The van der Waals surface area contributed by atoms with E-state index < -0.39 is 34.2 Å². The molecule has 27 heavy (non-hydrogen) atoms. The van der Waals surface area contributed by atoms with Crippen LogP contribution in [0.1, 0.15) is 11.1 Å². The number of nitrogens with zero attached hydrogens (tertiary/aromatic N) is 2. The molecule has 150 valence electrons. The van der Waals surface area contributed by atoms with Crippen LogP contribution in [0.2, 0.25) is 0 Å². The van der Waals surface area contributed by atoms with Crippen LogP contribution in [0.5, 0.6) is 0 Å². The fourth-order valence-electron chi connectivity index (χ4n) is 2.03. The molecule has 0 saturated heterocycles. The zero-order valence-electron chi connectivity index (χ0n) is 13.9. The highest BCUT2D eigenvalue weighted by molar-refractivity contribution is 7.89. The third kappa shape index (κ3) is 6.20. The lowest BCUT2D eigenvalue weighted by atomic mass is 10.1. The number of hydrogen-bond acceptors (Lipinski definition) is 5. The van der Waals surface area contributed by atoms with Crippen molar-refractivity contribution in [3.8, 4) is 0 Å². The summed E-state index contributed by atoms with van der Waals surface area (Å²) in [6.45, 7) is -0.814. The molecule has 8 nitrogen and oxygen atoms in total. The Balaban J connectivity index is 0.00000364. The first kappa shape index (κ1) is 22.9. The third-order valence-corrected chi connectivity index (χ3v) is 4.61. The second-order valence-electron chi connectivity index (χ2n) is 5.34. The minimum absolute atomic E-state index is 0. The van der Waals surface area contributed by atoms with E-state index in [1.54, 1.807) is 0 Å². The van der Waals surface area contributed by atoms with Crippen molar-refractivity contribution >= 4 is 34.0 Å². The first-order valence-electron chi connectivity index (χ1n) is 7.20. The van der Waals surface area contributed by atoms with Crippen LogP contribution in [0.25, 0.3) is 0 Å². The Morgan fingerprint density at radius 3 is 2.48 bits per heavy atom. The Morgan fingerprint density at radius 1 is 1.30 bits per heavy atom. The van der Waals surface area contributed by atoms with Gasteiger partial charge in [-0.2, -0.15) is 18.3 Å². The second kappa shape index (κ2) is 8.69. The van der Waals surface area contributed by atoms with E-state index in [1.807, 2.05) is 4.72 Å². The lowest BCUT2D eigenvalue weighted by Gasteiger charge is -2.12. The number of carbonyl (C=O) groups is 1. The molecule has 0 bridgehead atoms. The molecule has 0 aliphatic heterocycles. The molecular formula is C14H17ClF3N5O3S. The smallest absolute Gasteiger partial charge is 0.326 e. The van der Waals surface area contributed by atoms with Gasteiger partial charge in [0.2, 0.25) is 15.9 Å². The van der Waals surface area contributed by atoms with Crippen molar-refractivity contribution in [3.63, 3.8) is 0 Å². The number of halogens is 4. The van der Waals surface area contributed by atoms with Gasteiger partial charge in [0.05, 0.1) is 18.3 Å². The molecule has 2 aromatic rings. The standard InChI is InChI=1S/C14H16F3N5O3S.ClH/c1-22-8-12(6-19-22)26(24,25)20-7-13(23)21-11-3-9(5-18)2-10(4-11)14(15,16)17;/h2-4,6,8,20H,5,7,18H2,1H3,(H,21,23);1H. The number of nitrogens with two attached hydrogens (primary N) is 1. The summed E-state index contributed by atoms with van der Waals surface area (Å²) >= 11 is 0. The molecule has 0 radical (unpaired) electrons. The van der Waals surface area contributed by atoms with Crippen LogP contribution < -0.4 is 15.8 Å². The maximum absolute atomic E-state index is 12.9. The highest BCUT2D eigenvalue weighted by Crippen LogP contribution is 2.31. The van der Waals surface area contributed by atoms with Crippen molar-refractivity contribution in [2.45, 2.75) is 17.6 Å². The van der Waals surface area contributed by atoms with Crippen molar-refractivity contribution in [1.82, 2.24) is 14.5 Å². The van der Waals surface area contributed by atoms with Crippen LogP contribution >= 0.6 is 12.4 Å². The van der Waals surface area contributed by atoms with Crippen LogP contribution in [0, 0.1) is 0 Å². The molecule has 2 rings (SSSR count). The predicted octanol–water partition coefficient (Wildman–Crippen LogP) is 1.24. The maximum Gasteiger partial charge on any atom is 0.416 e. The Morgan fingerprint density at radius 2 is 1.96 bits per heavy atom. The number of nitrogens with one attached hydrogen (secondary N) is 2. The summed E-state index contributed by atoms with van der Waals surface area (Å²) in [6.07, 6.45) is -2.27. The van der Waals surface area contributed by atoms with Gasteiger partial charge in [-0.15, -0.1) is 12.4 Å². The molecule has 4 N–H and O–H groups in total. The number of carbonyl (C=O) groups excluding carboxylic acids is 1. The van der Waals surface area contributed by atoms with Gasteiger partial charge < -0.3 is 11.1 Å². The van der Waals surface area contributed by atoms with Gasteiger partial charge in [0, 0.05) is 25.5 Å². The van der Waals surface area contributed by atoms with Gasteiger partial charge in [0.15, 0.2) is 0 Å². The summed E-state index contributed by atoms with van der Waals surface area (Å²) in [5.74, 6) is -0.834.